The highest BCUT2D eigenvalue weighted by Gasteiger charge is 2.37. The van der Waals surface area contributed by atoms with Crippen molar-refractivity contribution in [3.63, 3.8) is 0 Å². The van der Waals surface area contributed by atoms with E-state index >= 15 is 0 Å². The first-order valence-corrected chi connectivity index (χ1v) is 12.7. The number of carbonyl (C=O) groups excluding carboxylic acids is 1. The fourth-order valence-corrected chi connectivity index (χ4v) is 5.77. The highest BCUT2D eigenvalue weighted by Crippen LogP contribution is 2.40. The molecule has 0 aromatic carbocycles. The Bertz CT molecular complexity index is 1640. The summed E-state index contributed by atoms with van der Waals surface area (Å²) in [5.41, 5.74) is 5.36. The summed E-state index contributed by atoms with van der Waals surface area (Å²) in [6.45, 7) is 7.10. The van der Waals surface area contributed by atoms with E-state index in [1.807, 2.05) is 6.07 Å². The van der Waals surface area contributed by atoms with E-state index in [0.717, 1.165) is 12.8 Å². The van der Waals surface area contributed by atoms with Gasteiger partial charge in [-0.25, -0.2) is 4.98 Å². The van der Waals surface area contributed by atoms with E-state index < -0.39 is 0 Å². The van der Waals surface area contributed by atoms with Crippen LogP contribution in [-0.2, 0) is 33.0 Å². The number of hydrogen-bond acceptors (Lipinski definition) is 7. The molecule has 0 radical (unpaired) electrons. The first kappa shape index (κ1) is 24.2. The first-order valence-electron chi connectivity index (χ1n) is 12.7. The molecule has 0 saturated heterocycles. The number of aryl methyl sites for hydroxylation is 2. The zero-order valence-electron chi connectivity index (χ0n) is 21.9. The third kappa shape index (κ3) is 3.92. The van der Waals surface area contributed by atoms with Crippen LogP contribution in [0, 0.1) is 12.3 Å². The lowest BCUT2D eigenvalue weighted by Crippen LogP contribution is -2.41. The molecular formula is C28H30N6O4. The van der Waals surface area contributed by atoms with E-state index in [9.17, 15) is 14.7 Å². The maximum Gasteiger partial charge on any atom is 0.276 e. The quantitative estimate of drug-likeness (QED) is 0.418. The smallest absolute Gasteiger partial charge is 0.276 e. The van der Waals surface area contributed by atoms with Crippen molar-refractivity contribution in [3.8, 4) is 11.1 Å². The van der Waals surface area contributed by atoms with Crippen molar-refractivity contribution >= 4 is 23.2 Å². The van der Waals surface area contributed by atoms with Gasteiger partial charge in [-0.1, -0.05) is 19.0 Å². The standard InChI is InChI=1S/C28H30N6O4/c1-16-9-24(31-38-16)30-21-10-18(14-32(4)26(21)36)19-5-6-29-25(20(19)15-35)34-8-7-33-22(27(34)37)11-17-12-28(2,3)13-23(17)33/h5-6,9-11,14,35H,7-8,12-13,15H2,1-4H3,(H,30,31). The molecule has 0 atom stereocenters. The molecule has 0 saturated carbocycles. The highest BCUT2D eigenvalue weighted by atomic mass is 16.5. The number of aromatic nitrogens is 4. The largest absolute Gasteiger partial charge is 0.392 e. The average Bonchev–Trinajstić information content (AvgIpc) is 3.53. The van der Waals surface area contributed by atoms with Crippen molar-refractivity contribution in [2.45, 2.75) is 46.8 Å². The molecule has 6 rings (SSSR count). The molecule has 0 fully saturated rings. The summed E-state index contributed by atoms with van der Waals surface area (Å²) in [5.74, 6) is 1.35. The third-order valence-electron chi connectivity index (χ3n) is 7.46. The number of aliphatic hydroxyl groups excluding tert-OH is 1. The van der Waals surface area contributed by atoms with Crippen LogP contribution in [0.5, 0.6) is 0 Å². The Morgan fingerprint density at radius 1 is 1.16 bits per heavy atom. The fraction of sp³-hybridized carbons (Fsp3) is 0.357. The Labute approximate surface area is 219 Å². The zero-order chi connectivity index (χ0) is 26.8. The number of amides is 1. The van der Waals surface area contributed by atoms with E-state index in [2.05, 4.69) is 33.9 Å². The van der Waals surface area contributed by atoms with Gasteiger partial charge >= 0.3 is 0 Å². The molecule has 1 aliphatic carbocycles. The molecule has 196 valence electrons. The minimum atomic E-state index is -0.317. The molecule has 38 heavy (non-hydrogen) atoms. The normalized spacial score (nSPS) is 16.0. The lowest BCUT2D eigenvalue weighted by Gasteiger charge is -2.31. The van der Waals surface area contributed by atoms with Crippen molar-refractivity contribution in [2.75, 3.05) is 16.8 Å². The van der Waals surface area contributed by atoms with Crippen LogP contribution in [0.2, 0.25) is 0 Å². The number of fused-ring (bicyclic) bond motifs is 3. The van der Waals surface area contributed by atoms with Gasteiger partial charge in [-0.05, 0) is 54.5 Å². The molecule has 1 aliphatic heterocycles. The van der Waals surface area contributed by atoms with Crippen LogP contribution in [0.4, 0.5) is 17.3 Å². The molecule has 5 heterocycles. The Hall–Kier alpha value is -4.18. The van der Waals surface area contributed by atoms with Gasteiger partial charge in [-0.15, -0.1) is 0 Å². The lowest BCUT2D eigenvalue weighted by molar-refractivity contribution is 0.0962. The second-order valence-electron chi connectivity index (χ2n) is 11.0. The molecule has 4 aromatic heterocycles. The van der Waals surface area contributed by atoms with E-state index in [1.165, 1.54) is 15.8 Å². The summed E-state index contributed by atoms with van der Waals surface area (Å²) in [6.07, 6.45) is 5.26. The summed E-state index contributed by atoms with van der Waals surface area (Å²) in [7, 11) is 1.66. The Morgan fingerprint density at radius 2 is 1.97 bits per heavy atom. The minimum Gasteiger partial charge on any atom is -0.392 e. The predicted octanol–water partition coefficient (Wildman–Crippen LogP) is 3.57. The SMILES string of the molecule is Cc1cc(Nc2cc(-c3ccnc(N4CCn5c(cc6c5CC(C)(C)C6)C4=O)c3CO)cn(C)c2=O)no1. The van der Waals surface area contributed by atoms with E-state index in [-0.39, 0.29) is 23.5 Å². The van der Waals surface area contributed by atoms with Crippen molar-refractivity contribution in [2.24, 2.45) is 12.5 Å². The predicted molar refractivity (Wildman–Crippen MR) is 143 cm³/mol. The van der Waals surface area contributed by atoms with Crippen molar-refractivity contribution in [3.05, 3.63) is 75.3 Å². The summed E-state index contributed by atoms with van der Waals surface area (Å²) >= 11 is 0. The fourth-order valence-electron chi connectivity index (χ4n) is 5.77. The lowest BCUT2D eigenvalue weighted by atomic mass is 9.90. The number of nitrogens with one attached hydrogen (secondary N) is 1. The minimum absolute atomic E-state index is 0.118. The number of nitrogens with zero attached hydrogens (tertiary/aromatic N) is 5. The summed E-state index contributed by atoms with van der Waals surface area (Å²) in [5, 5.41) is 17.4. The molecule has 10 nitrogen and oxygen atoms in total. The van der Waals surface area contributed by atoms with Crippen LogP contribution in [-0.4, -0.2) is 36.8 Å². The molecule has 0 unspecified atom stereocenters. The monoisotopic (exact) mass is 514 g/mol. The number of hydrogen-bond donors (Lipinski definition) is 2. The number of carbonyl (C=O) groups is 1. The highest BCUT2D eigenvalue weighted by molar-refractivity contribution is 6.06. The number of rotatable bonds is 5. The number of pyridine rings is 2. The van der Waals surface area contributed by atoms with Crippen molar-refractivity contribution in [1.82, 2.24) is 19.3 Å². The summed E-state index contributed by atoms with van der Waals surface area (Å²) in [4.78, 5) is 32.7. The maximum atomic E-state index is 13.7. The van der Waals surface area contributed by atoms with E-state index in [0.29, 0.717) is 58.6 Å². The van der Waals surface area contributed by atoms with E-state index in [4.69, 9.17) is 4.52 Å². The van der Waals surface area contributed by atoms with Gasteiger partial charge in [0.2, 0.25) is 0 Å². The topological polar surface area (TPSA) is 118 Å². The maximum absolute atomic E-state index is 13.7. The van der Waals surface area contributed by atoms with Crippen LogP contribution in [0.3, 0.4) is 0 Å². The average molecular weight is 515 g/mol. The zero-order valence-corrected chi connectivity index (χ0v) is 21.9. The first-order chi connectivity index (χ1) is 18.1. The van der Waals surface area contributed by atoms with Gasteiger partial charge in [0, 0.05) is 55.4 Å². The second-order valence-corrected chi connectivity index (χ2v) is 11.0. The molecule has 2 aliphatic rings. The van der Waals surface area contributed by atoms with Crippen LogP contribution in [0.15, 0.2) is 46.0 Å². The Balaban J connectivity index is 1.38. The second kappa shape index (κ2) is 8.70. The van der Waals surface area contributed by atoms with Crippen LogP contribution in [0.25, 0.3) is 11.1 Å². The molecule has 10 heteroatoms. The number of anilines is 3. The molecule has 0 bridgehead atoms. The molecule has 1 amide bonds. The van der Waals surface area contributed by atoms with Gasteiger partial charge in [0.15, 0.2) is 5.82 Å². The molecule has 0 spiro atoms. The molecular weight excluding hydrogens is 484 g/mol. The number of aliphatic hydroxyl groups is 1. The Morgan fingerprint density at radius 3 is 2.71 bits per heavy atom. The summed E-state index contributed by atoms with van der Waals surface area (Å²) in [6, 6.07) is 7.22. The van der Waals surface area contributed by atoms with Gasteiger partial charge < -0.3 is 24.1 Å². The van der Waals surface area contributed by atoms with Gasteiger partial charge in [0.25, 0.3) is 11.5 Å². The van der Waals surface area contributed by atoms with Gasteiger partial charge in [0.1, 0.15) is 23.0 Å². The Kier molecular flexibility index (Phi) is 5.53. The van der Waals surface area contributed by atoms with Gasteiger partial charge in [-0.2, -0.15) is 0 Å². The van der Waals surface area contributed by atoms with Crippen LogP contribution >= 0.6 is 0 Å². The van der Waals surface area contributed by atoms with Gasteiger partial charge in [0.05, 0.1) is 6.61 Å². The third-order valence-corrected chi connectivity index (χ3v) is 7.46. The molecule has 4 aromatic rings. The van der Waals surface area contributed by atoms with Crippen molar-refractivity contribution < 1.29 is 14.4 Å². The van der Waals surface area contributed by atoms with E-state index in [1.54, 1.807) is 49.5 Å². The van der Waals surface area contributed by atoms with Crippen molar-refractivity contribution in [1.29, 1.82) is 0 Å². The molecule has 2 N–H and O–H groups in total. The van der Waals surface area contributed by atoms with Gasteiger partial charge in [-0.3, -0.25) is 14.5 Å². The van der Waals surface area contributed by atoms with Crippen LogP contribution in [0.1, 0.15) is 46.9 Å². The van der Waals surface area contributed by atoms with Crippen LogP contribution < -0.4 is 15.8 Å². The summed E-state index contributed by atoms with van der Waals surface area (Å²) < 4.78 is 8.72.